The zero-order chi connectivity index (χ0) is 17.2. The molecule has 0 bridgehead atoms. The minimum absolute atomic E-state index is 0. The van der Waals surface area contributed by atoms with Gasteiger partial charge in [0, 0.05) is 32.0 Å². The Hall–Kier alpha value is -0.950. The van der Waals surface area contributed by atoms with E-state index in [2.05, 4.69) is 10.6 Å². The lowest BCUT2D eigenvalue weighted by molar-refractivity contribution is -0.135. The van der Waals surface area contributed by atoms with Gasteiger partial charge in [0.05, 0.1) is 12.6 Å². The van der Waals surface area contributed by atoms with Crippen LogP contribution >= 0.6 is 12.4 Å². The highest BCUT2D eigenvalue weighted by molar-refractivity contribution is 5.85. The summed E-state index contributed by atoms with van der Waals surface area (Å²) in [5.74, 6) is -2.37. The average molecular weight is 380 g/mol. The van der Waals surface area contributed by atoms with E-state index in [1.165, 1.54) is 12.8 Å². The van der Waals surface area contributed by atoms with Crippen LogP contribution in [0.15, 0.2) is 0 Å². The van der Waals surface area contributed by atoms with Gasteiger partial charge in [-0.3, -0.25) is 14.9 Å². The summed E-state index contributed by atoms with van der Waals surface area (Å²) in [6.07, 6.45) is 6.36. The summed E-state index contributed by atoms with van der Waals surface area (Å²) >= 11 is 0. The van der Waals surface area contributed by atoms with E-state index in [1.807, 2.05) is 0 Å². The SMILES string of the molecule is Cl.O=C(CC1CCCC1)NC1CCN(C(=O)C2CC(F)(F)CN2)CC1. The van der Waals surface area contributed by atoms with Gasteiger partial charge in [-0.2, -0.15) is 0 Å². The van der Waals surface area contributed by atoms with Crippen molar-refractivity contribution in [1.29, 1.82) is 0 Å². The number of nitrogens with zero attached hydrogens (tertiary/aromatic N) is 1. The van der Waals surface area contributed by atoms with Gasteiger partial charge >= 0.3 is 0 Å². The zero-order valence-corrected chi connectivity index (χ0v) is 15.3. The molecule has 1 unspecified atom stereocenters. The van der Waals surface area contributed by atoms with Crippen LogP contribution in [-0.2, 0) is 9.59 Å². The van der Waals surface area contributed by atoms with E-state index < -0.39 is 24.9 Å². The summed E-state index contributed by atoms with van der Waals surface area (Å²) in [5, 5.41) is 5.69. The summed E-state index contributed by atoms with van der Waals surface area (Å²) in [5.41, 5.74) is 0. The minimum atomic E-state index is -2.78. The van der Waals surface area contributed by atoms with E-state index in [1.54, 1.807) is 4.90 Å². The Balaban J connectivity index is 0.00000225. The van der Waals surface area contributed by atoms with E-state index in [9.17, 15) is 18.4 Å². The molecule has 3 fully saturated rings. The van der Waals surface area contributed by atoms with Gasteiger partial charge in [-0.25, -0.2) is 8.78 Å². The highest BCUT2D eigenvalue weighted by Crippen LogP contribution is 2.28. The second kappa shape index (κ2) is 8.62. The van der Waals surface area contributed by atoms with E-state index in [0.29, 0.717) is 38.3 Å². The van der Waals surface area contributed by atoms with E-state index in [-0.39, 0.29) is 30.3 Å². The number of carbonyl (C=O) groups excluding carboxylic acids is 2. The molecule has 1 saturated carbocycles. The maximum atomic E-state index is 13.2. The summed E-state index contributed by atoms with van der Waals surface area (Å²) in [4.78, 5) is 26.0. The van der Waals surface area contributed by atoms with Crippen LogP contribution in [0.25, 0.3) is 0 Å². The zero-order valence-electron chi connectivity index (χ0n) is 14.4. The van der Waals surface area contributed by atoms with Crippen molar-refractivity contribution in [2.45, 2.75) is 69.4 Å². The molecule has 5 nitrogen and oxygen atoms in total. The van der Waals surface area contributed by atoms with Gasteiger partial charge in [-0.15, -0.1) is 12.4 Å². The molecule has 25 heavy (non-hydrogen) atoms. The van der Waals surface area contributed by atoms with Crippen molar-refractivity contribution in [3.63, 3.8) is 0 Å². The maximum absolute atomic E-state index is 13.2. The third-order valence-corrected chi connectivity index (χ3v) is 5.53. The van der Waals surface area contributed by atoms with Crippen LogP contribution in [0, 0.1) is 5.92 Å². The minimum Gasteiger partial charge on any atom is -0.353 e. The first kappa shape index (κ1) is 20.4. The molecule has 2 aliphatic heterocycles. The van der Waals surface area contributed by atoms with Gasteiger partial charge in [-0.05, 0) is 31.6 Å². The molecule has 0 aromatic rings. The molecule has 1 aliphatic carbocycles. The van der Waals surface area contributed by atoms with Crippen LogP contribution in [0.1, 0.15) is 51.4 Å². The number of nitrogens with one attached hydrogen (secondary N) is 2. The van der Waals surface area contributed by atoms with E-state index in [0.717, 1.165) is 12.8 Å². The number of amides is 2. The standard InChI is InChI=1S/C17H27F2N3O2.ClH/c18-17(19)10-14(20-11-17)16(24)22-7-5-13(6-8-22)21-15(23)9-12-3-1-2-4-12;/h12-14,20H,1-11H2,(H,21,23);1H. The lowest BCUT2D eigenvalue weighted by atomic mass is 10.0. The second-order valence-electron chi connectivity index (χ2n) is 7.52. The molecule has 0 radical (unpaired) electrons. The first-order valence-corrected chi connectivity index (χ1v) is 9.12. The molecule has 0 aromatic heterocycles. The third-order valence-electron chi connectivity index (χ3n) is 5.53. The van der Waals surface area contributed by atoms with Crippen LogP contribution in [-0.4, -0.2) is 54.4 Å². The molecular formula is C17H28ClF2N3O2. The predicted octanol–water partition coefficient (Wildman–Crippen LogP) is 2.09. The topological polar surface area (TPSA) is 61.4 Å². The van der Waals surface area contributed by atoms with Gasteiger partial charge in [0.25, 0.3) is 5.92 Å². The molecule has 3 aliphatic rings. The Bertz CT molecular complexity index is 479. The molecule has 1 atom stereocenters. The monoisotopic (exact) mass is 379 g/mol. The molecule has 2 heterocycles. The average Bonchev–Trinajstić information content (AvgIpc) is 3.16. The molecule has 8 heteroatoms. The summed E-state index contributed by atoms with van der Waals surface area (Å²) in [7, 11) is 0. The fourth-order valence-electron chi connectivity index (χ4n) is 4.12. The number of alkyl halides is 2. The van der Waals surface area contributed by atoms with Crippen molar-refractivity contribution in [2.24, 2.45) is 5.92 Å². The van der Waals surface area contributed by atoms with Gasteiger partial charge in [0.2, 0.25) is 11.8 Å². The largest absolute Gasteiger partial charge is 0.353 e. The fraction of sp³-hybridized carbons (Fsp3) is 0.882. The van der Waals surface area contributed by atoms with Crippen LogP contribution in [0.4, 0.5) is 8.78 Å². The Labute approximate surface area is 153 Å². The van der Waals surface area contributed by atoms with Gasteiger partial charge in [0.15, 0.2) is 0 Å². The Morgan fingerprint density at radius 1 is 1.12 bits per heavy atom. The number of rotatable bonds is 4. The highest BCUT2D eigenvalue weighted by atomic mass is 35.5. The van der Waals surface area contributed by atoms with Crippen molar-refractivity contribution in [2.75, 3.05) is 19.6 Å². The summed E-state index contributed by atoms with van der Waals surface area (Å²) in [6, 6.07) is -0.672. The molecule has 2 amide bonds. The molecular weight excluding hydrogens is 352 g/mol. The number of piperidine rings is 1. The number of hydrogen-bond acceptors (Lipinski definition) is 3. The van der Waals surface area contributed by atoms with Crippen molar-refractivity contribution in [1.82, 2.24) is 15.5 Å². The van der Waals surface area contributed by atoms with Crippen LogP contribution in [0.2, 0.25) is 0 Å². The fourth-order valence-corrected chi connectivity index (χ4v) is 4.12. The highest BCUT2D eigenvalue weighted by Gasteiger charge is 2.43. The second-order valence-corrected chi connectivity index (χ2v) is 7.52. The number of halogens is 3. The van der Waals surface area contributed by atoms with Crippen molar-refractivity contribution >= 4 is 24.2 Å². The van der Waals surface area contributed by atoms with Crippen molar-refractivity contribution < 1.29 is 18.4 Å². The maximum Gasteiger partial charge on any atom is 0.262 e. The quantitative estimate of drug-likeness (QED) is 0.786. The van der Waals surface area contributed by atoms with Gasteiger partial charge in [-0.1, -0.05) is 12.8 Å². The molecule has 2 saturated heterocycles. The first-order valence-electron chi connectivity index (χ1n) is 9.12. The predicted molar refractivity (Wildman–Crippen MR) is 92.9 cm³/mol. The van der Waals surface area contributed by atoms with E-state index in [4.69, 9.17) is 0 Å². The number of hydrogen-bond donors (Lipinski definition) is 2. The normalized spacial score (nSPS) is 27.1. The lowest BCUT2D eigenvalue weighted by Gasteiger charge is -2.34. The Morgan fingerprint density at radius 3 is 2.32 bits per heavy atom. The Morgan fingerprint density at radius 2 is 1.76 bits per heavy atom. The molecule has 0 spiro atoms. The van der Waals surface area contributed by atoms with Crippen molar-refractivity contribution in [3.05, 3.63) is 0 Å². The number of carbonyl (C=O) groups is 2. The van der Waals surface area contributed by atoms with Crippen molar-refractivity contribution in [3.8, 4) is 0 Å². The molecule has 3 rings (SSSR count). The van der Waals surface area contributed by atoms with Crippen LogP contribution in [0.5, 0.6) is 0 Å². The van der Waals surface area contributed by atoms with Gasteiger partial charge < -0.3 is 10.2 Å². The van der Waals surface area contributed by atoms with E-state index >= 15 is 0 Å². The van der Waals surface area contributed by atoms with Crippen LogP contribution in [0.3, 0.4) is 0 Å². The lowest BCUT2D eigenvalue weighted by Crippen LogP contribution is -2.50. The third kappa shape index (κ3) is 5.51. The Kier molecular flexibility index (Phi) is 7.02. The number of likely N-dealkylation sites (tertiary alicyclic amines) is 1. The smallest absolute Gasteiger partial charge is 0.262 e. The first-order chi connectivity index (χ1) is 11.4. The van der Waals surface area contributed by atoms with Crippen LogP contribution < -0.4 is 10.6 Å². The summed E-state index contributed by atoms with van der Waals surface area (Å²) < 4.78 is 26.4. The molecule has 0 aromatic carbocycles. The summed E-state index contributed by atoms with van der Waals surface area (Å²) in [6.45, 7) is 0.630. The molecule has 2 N–H and O–H groups in total. The molecule has 144 valence electrons. The van der Waals surface area contributed by atoms with Gasteiger partial charge in [0.1, 0.15) is 0 Å².